The van der Waals surface area contributed by atoms with Crippen LogP contribution in [0.3, 0.4) is 0 Å². The lowest BCUT2D eigenvalue weighted by molar-refractivity contribution is -0.127. The lowest BCUT2D eigenvalue weighted by Gasteiger charge is -2.51. The zero-order valence-electron chi connectivity index (χ0n) is 26.5. The topological polar surface area (TPSA) is 154 Å². The van der Waals surface area contributed by atoms with Crippen LogP contribution in [-0.2, 0) is 15.1 Å². The average molecular weight is 626 g/mol. The van der Waals surface area contributed by atoms with Gasteiger partial charge in [-0.25, -0.2) is 4.79 Å². The van der Waals surface area contributed by atoms with E-state index in [1.54, 1.807) is 6.92 Å². The fraction of sp³-hybridized carbons (Fsp3) is 0.472. The molecule has 0 spiro atoms. The van der Waals surface area contributed by atoms with Gasteiger partial charge in [0.2, 0.25) is 11.8 Å². The molecule has 6 rings (SSSR count). The third-order valence-electron chi connectivity index (χ3n) is 10.2. The molecular formula is C36H43N5O5. The number of aromatic nitrogens is 2. The Bertz CT molecular complexity index is 1590. The molecule has 3 saturated carbocycles. The van der Waals surface area contributed by atoms with E-state index in [1.165, 1.54) is 0 Å². The van der Waals surface area contributed by atoms with Crippen molar-refractivity contribution in [2.75, 3.05) is 5.32 Å². The summed E-state index contributed by atoms with van der Waals surface area (Å²) in [5, 5.41) is 37.5. The first-order valence-electron chi connectivity index (χ1n) is 16.4. The molecule has 0 unspecified atom stereocenters. The molecule has 0 atom stereocenters. The largest absolute Gasteiger partial charge is 0.465 e. The van der Waals surface area contributed by atoms with Gasteiger partial charge in [0.1, 0.15) is 5.69 Å². The molecule has 1 heterocycles. The predicted molar refractivity (Wildman–Crippen MR) is 175 cm³/mol. The van der Waals surface area contributed by atoms with Crippen molar-refractivity contribution < 1.29 is 24.6 Å². The maximum atomic E-state index is 13.1. The summed E-state index contributed by atoms with van der Waals surface area (Å²) in [6.07, 6.45) is 6.28. The normalized spacial score (nSPS) is 26.3. The van der Waals surface area contributed by atoms with Gasteiger partial charge in [0.15, 0.2) is 5.82 Å². The second kappa shape index (κ2) is 12.5. The summed E-state index contributed by atoms with van der Waals surface area (Å²) in [5.41, 5.74) is 2.01. The van der Waals surface area contributed by atoms with Crippen LogP contribution in [0.15, 0.2) is 60.7 Å². The number of nitrogens with zero attached hydrogens (tertiary/aromatic N) is 2. The van der Waals surface area contributed by atoms with E-state index in [-0.39, 0.29) is 42.0 Å². The predicted octanol–water partition coefficient (Wildman–Crippen LogP) is 6.01. The van der Waals surface area contributed by atoms with Crippen LogP contribution in [0.1, 0.15) is 83.6 Å². The first-order chi connectivity index (χ1) is 22.0. The van der Waals surface area contributed by atoms with Crippen molar-refractivity contribution in [3.8, 4) is 22.4 Å². The van der Waals surface area contributed by atoms with Gasteiger partial charge < -0.3 is 26.2 Å². The molecule has 3 aromatic rings. The maximum absolute atomic E-state index is 13.1. The average Bonchev–Trinajstić information content (AvgIpc) is 3.83. The Hall–Kier alpha value is -4.31. The van der Waals surface area contributed by atoms with Gasteiger partial charge in [-0.3, -0.25) is 9.59 Å². The van der Waals surface area contributed by atoms with Gasteiger partial charge in [-0.2, -0.15) is 0 Å². The van der Waals surface area contributed by atoms with E-state index in [0.29, 0.717) is 17.9 Å². The van der Waals surface area contributed by atoms with E-state index in [4.69, 9.17) is 0 Å². The molecule has 3 aliphatic rings. The standard InChI is InChI=1S/C36H43N5O5/c1-3-35(17-18-35)32(43)37-27-15-9-23(10-16-27)19-30(42)38-29-20-28(24-7-5-4-6-8-24)31(41-40-29)25-11-13-26(14-12-25)36(39-33(44)45)21-34(2,46)22-36/h4-8,11-14,20,23,27,39,46H,3,9-10,15-19,21-22H2,1-2H3,(H,37,43)(H,44,45)(H,38,40,42)/t23-,27-,34-,36-. The number of hydrogen-bond acceptors (Lipinski definition) is 6. The second-order valence-electron chi connectivity index (χ2n) is 13.9. The zero-order chi connectivity index (χ0) is 32.5. The monoisotopic (exact) mass is 625 g/mol. The van der Waals surface area contributed by atoms with Gasteiger partial charge in [0.05, 0.1) is 11.1 Å². The summed E-state index contributed by atoms with van der Waals surface area (Å²) >= 11 is 0. The van der Waals surface area contributed by atoms with Gasteiger partial charge in [0, 0.05) is 41.8 Å². The molecule has 1 aromatic heterocycles. The number of rotatable bonds is 10. The highest BCUT2D eigenvalue weighted by Crippen LogP contribution is 2.49. The molecular weight excluding hydrogens is 582 g/mol. The van der Waals surface area contributed by atoms with Crippen molar-refractivity contribution in [2.45, 2.75) is 95.2 Å². The molecule has 0 bridgehead atoms. The quantitative estimate of drug-likeness (QED) is 0.185. The second-order valence-corrected chi connectivity index (χ2v) is 13.9. The van der Waals surface area contributed by atoms with E-state index in [2.05, 4.69) is 33.1 Å². The summed E-state index contributed by atoms with van der Waals surface area (Å²) < 4.78 is 0. The van der Waals surface area contributed by atoms with Crippen molar-refractivity contribution >= 4 is 23.7 Å². The van der Waals surface area contributed by atoms with Crippen LogP contribution < -0.4 is 16.0 Å². The number of carbonyl (C=O) groups is 3. The molecule has 0 aliphatic heterocycles. The third-order valence-corrected chi connectivity index (χ3v) is 10.2. The Kier molecular flexibility index (Phi) is 8.58. The Morgan fingerprint density at radius 3 is 2.17 bits per heavy atom. The minimum atomic E-state index is -1.13. The van der Waals surface area contributed by atoms with Gasteiger partial charge in [-0.05, 0) is 75.0 Å². The Balaban J connectivity index is 1.13. The van der Waals surface area contributed by atoms with Crippen LogP contribution in [-0.4, -0.2) is 50.0 Å². The van der Waals surface area contributed by atoms with Crippen molar-refractivity contribution in [1.82, 2.24) is 20.8 Å². The zero-order valence-corrected chi connectivity index (χ0v) is 26.5. The van der Waals surface area contributed by atoms with Crippen LogP contribution in [0, 0.1) is 11.3 Å². The summed E-state index contributed by atoms with van der Waals surface area (Å²) in [5.74, 6) is 0.733. The fourth-order valence-electron chi connectivity index (χ4n) is 7.47. The van der Waals surface area contributed by atoms with Crippen LogP contribution >= 0.6 is 0 Å². The molecule has 3 aliphatic carbocycles. The summed E-state index contributed by atoms with van der Waals surface area (Å²) in [6, 6.07) is 19.3. The Morgan fingerprint density at radius 2 is 1.59 bits per heavy atom. The maximum Gasteiger partial charge on any atom is 0.405 e. The molecule has 0 radical (unpaired) electrons. The van der Waals surface area contributed by atoms with Gasteiger partial charge in [-0.1, -0.05) is 61.5 Å². The van der Waals surface area contributed by atoms with Crippen molar-refractivity contribution in [2.24, 2.45) is 11.3 Å². The fourth-order valence-corrected chi connectivity index (χ4v) is 7.47. The molecule has 0 saturated heterocycles. The number of nitrogens with one attached hydrogen (secondary N) is 3. The van der Waals surface area contributed by atoms with Crippen molar-refractivity contribution in [3.05, 3.63) is 66.2 Å². The van der Waals surface area contributed by atoms with Crippen molar-refractivity contribution in [3.63, 3.8) is 0 Å². The highest BCUT2D eigenvalue weighted by molar-refractivity contribution is 5.91. The third kappa shape index (κ3) is 6.77. The lowest BCUT2D eigenvalue weighted by atomic mass is 9.62. The molecule has 10 heteroatoms. The van der Waals surface area contributed by atoms with E-state index < -0.39 is 17.2 Å². The molecule has 46 heavy (non-hydrogen) atoms. The van der Waals surface area contributed by atoms with E-state index in [1.807, 2.05) is 60.7 Å². The van der Waals surface area contributed by atoms with Crippen LogP contribution in [0.25, 0.3) is 22.4 Å². The number of hydrogen-bond donors (Lipinski definition) is 5. The molecule has 2 aromatic carbocycles. The van der Waals surface area contributed by atoms with E-state index in [9.17, 15) is 24.6 Å². The molecule has 10 nitrogen and oxygen atoms in total. The Morgan fingerprint density at radius 1 is 0.913 bits per heavy atom. The SMILES string of the molecule is CCC1(C(=O)N[C@H]2CC[C@H](CC(=O)Nc3cc(-c4ccccc4)c(-c4ccc([C@]5(NC(=O)O)C[C@](C)(O)C5)cc4)nn3)CC2)CC1. The van der Waals surface area contributed by atoms with Crippen LogP contribution in [0.2, 0.25) is 0 Å². The summed E-state index contributed by atoms with van der Waals surface area (Å²) in [6.45, 7) is 3.79. The molecule has 3 fully saturated rings. The number of amides is 3. The number of aliphatic hydroxyl groups is 1. The highest BCUT2D eigenvalue weighted by Gasteiger charge is 2.53. The lowest BCUT2D eigenvalue weighted by Crippen LogP contribution is -2.61. The minimum absolute atomic E-state index is 0.103. The van der Waals surface area contributed by atoms with Crippen molar-refractivity contribution in [1.29, 1.82) is 0 Å². The highest BCUT2D eigenvalue weighted by atomic mass is 16.4. The molecule has 242 valence electrons. The molecule has 3 amide bonds. The smallest absolute Gasteiger partial charge is 0.405 e. The van der Waals surface area contributed by atoms with E-state index in [0.717, 1.165) is 67.2 Å². The van der Waals surface area contributed by atoms with Gasteiger partial charge >= 0.3 is 6.09 Å². The number of carboxylic acid groups (broad SMARTS) is 1. The first kappa shape index (κ1) is 31.7. The number of benzene rings is 2. The summed E-state index contributed by atoms with van der Waals surface area (Å²) in [7, 11) is 0. The molecule has 5 N–H and O–H groups in total. The van der Waals surface area contributed by atoms with Crippen LogP contribution in [0.4, 0.5) is 10.6 Å². The first-order valence-corrected chi connectivity index (χ1v) is 16.4. The van der Waals surface area contributed by atoms with Gasteiger partial charge in [-0.15, -0.1) is 10.2 Å². The number of anilines is 1. The van der Waals surface area contributed by atoms with Gasteiger partial charge in [0.25, 0.3) is 0 Å². The van der Waals surface area contributed by atoms with Crippen LogP contribution in [0.5, 0.6) is 0 Å². The Labute approximate surface area is 269 Å². The number of carbonyl (C=O) groups excluding carboxylic acids is 2. The minimum Gasteiger partial charge on any atom is -0.465 e. The van der Waals surface area contributed by atoms with E-state index >= 15 is 0 Å². The summed E-state index contributed by atoms with van der Waals surface area (Å²) in [4.78, 5) is 37.3.